The topological polar surface area (TPSA) is 74.2 Å². The Labute approximate surface area is 92.2 Å². The number of fused-ring (bicyclic) bond motifs is 1. The third-order valence-corrected chi connectivity index (χ3v) is 2.60. The molecule has 1 aromatic heterocycles. The first kappa shape index (κ1) is 9.21. The minimum absolute atomic E-state index is 0.0870. The highest BCUT2D eigenvalue weighted by Gasteiger charge is 2.13. The maximum Gasteiger partial charge on any atom is 0.313 e. The minimum atomic E-state index is 0.0870. The van der Waals surface area contributed by atoms with Crippen LogP contribution in [0.15, 0.2) is 22.6 Å². The maximum atomic E-state index is 5.53. The van der Waals surface area contributed by atoms with Crippen LogP contribution in [0.5, 0.6) is 5.75 Å². The van der Waals surface area contributed by atoms with Crippen LogP contribution in [0.4, 0.5) is 6.01 Å². The van der Waals surface area contributed by atoms with Crippen LogP contribution in [0.25, 0.3) is 11.5 Å². The number of hydrogen-bond donors (Lipinski definition) is 1. The Morgan fingerprint density at radius 1 is 1.25 bits per heavy atom. The highest BCUT2D eigenvalue weighted by molar-refractivity contribution is 5.57. The molecule has 16 heavy (non-hydrogen) atoms. The van der Waals surface area contributed by atoms with E-state index in [4.69, 9.17) is 14.9 Å². The van der Waals surface area contributed by atoms with E-state index in [0.717, 1.165) is 30.8 Å². The molecule has 2 aromatic rings. The molecule has 2 heterocycles. The molecule has 0 radical (unpaired) electrons. The molecule has 1 aliphatic heterocycles. The van der Waals surface area contributed by atoms with Crippen LogP contribution in [-0.4, -0.2) is 16.8 Å². The van der Waals surface area contributed by atoms with Gasteiger partial charge < -0.3 is 14.9 Å². The summed E-state index contributed by atoms with van der Waals surface area (Å²) in [6.07, 6.45) is 2.06. The Morgan fingerprint density at radius 2 is 2.19 bits per heavy atom. The molecule has 82 valence electrons. The molecule has 0 fully saturated rings. The van der Waals surface area contributed by atoms with Crippen molar-refractivity contribution in [2.24, 2.45) is 0 Å². The van der Waals surface area contributed by atoms with Crippen molar-refractivity contribution >= 4 is 6.01 Å². The molecule has 1 aromatic carbocycles. The summed E-state index contributed by atoms with van der Waals surface area (Å²) in [6.45, 7) is 0.792. The Hall–Kier alpha value is -2.04. The Morgan fingerprint density at radius 3 is 3.00 bits per heavy atom. The van der Waals surface area contributed by atoms with E-state index in [1.807, 2.05) is 18.2 Å². The van der Waals surface area contributed by atoms with Gasteiger partial charge in [-0.3, -0.25) is 0 Å². The summed E-state index contributed by atoms with van der Waals surface area (Å²) in [5, 5.41) is 7.49. The molecule has 5 nitrogen and oxygen atoms in total. The molecule has 0 aliphatic carbocycles. The Kier molecular flexibility index (Phi) is 2.02. The van der Waals surface area contributed by atoms with Crippen molar-refractivity contribution in [1.29, 1.82) is 0 Å². The van der Waals surface area contributed by atoms with Gasteiger partial charge in [-0.15, -0.1) is 5.10 Å². The lowest BCUT2D eigenvalue weighted by atomic mass is 10.0. The van der Waals surface area contributed by atoms with Crippen molar-refractivity contribution in [2.75, 3.05) is 12.3 Å². The average molecular weight is 217 g/mol. The predicted molar refractivity (Wildman–Crippen MR) is 58.0 cm³/mol. The molecule has 0 bridgehead atoms. The lowest BCUT2D eigenvalue weighted by molar-refractivity contribution is 0.288. The SMILES string of the molecule is Nc1nnc(-c2ccc3c(c2)CCCO3)o1. The van der Waals surface area contributed by atoms with E-state index in [9.17, 15) is 0 Å². The molecule has 0 atom stereocenters. The van der Waals surface area contributed by atoms with Gasteiger partial charge >= 0.3 is 6.01 Å². The van der Waals surface area contributed by atoms with E-state index >= 15 is 0 Å². The number of nitrogen functional groups attached to an aromatic ring is 1. The van der Waals surface area contributed by atoms with Gasteiger partial charge in [0.15, 0.2) is 0 Å². The van der Waals surface area contributed by atoms with Crippen LogP contribution < -0.4 is 10.5 Å². The largest absolute Gasteiger partial charge is 0.493 e. The minimum Gasteiger partial charge on any atom is -0.493 e. The summed E-state index contributed by atoms with van der Waals surface area (Å²) in [7, 11) is 0. The lowest BCUT2D eigenvalue weighted by Gasteiger charge is -2.17. The smallest absolute Gasteiger partial charge is 0.313 e. The van der Waals surface area contributed by atoms with E-state index in [1.165, 1.54) is 5.56 Å². The van der Waals surface area contributed by atoms with Crippen LogP contribution >= 0.6 is 0 Å². The molecule has 0 spiro atoms. The van der Waals surface area contributed by atoms with Crippen LogP contribution in [0.2, 0.25) is 0 Å². The van der Waals surface area contributed by atoms with Gasteiger partial charge in [-0.1, -0.05) is 5.10 Å². The van der Waals surface area contributed by atoms with Gasteiger partial charge in [0.25, 0.3) is 0 Å². The van der Waals surface area contributed by atoms with Crippen molar-refractivity contribution in [3.8, 4) is 17.2 Å². The Balaban J connectivity index is 2.02. The van der Waals surface area contributed by atoms with E-state index in [1.54, 1.807) is 0 Å². The fourth-order valence-corrected chi connectivity index (χ4v) is 1.84. The number of nitrogens with zero attached hydrogens (tertiary/aromatic N) is 2. The summed E-state index contributed by atoms with van der Waals surface area (Å²) in [5.74, 6) is 1.40. The van der Waals surface area contributed by atoms with Crippen molar-refractivity contribution < 1.29 is 9.15 Å². The molecule has 2 N–H and O–H groups in total. The van der Waals surface area contributed by atoms with Crippen LogP contribution in [0.1, 0.15) is 12.0 Å². The van der Waals surface area contributed by atoms with Crippen LogP contribution in [0, 0.1) is 0 Å². The third kappa shape index (κ3) is 1.50. The third-order valence-electron chi connectivity index (χ3n) is 2.60. The predicted octanol–water partition coefficient (Wildman–Crippen LogP) is 1.64. The molecule has 5 heteroatoms. The summed E-state index contributed by atoms with van der Waals surface area (Å²) in [4.78, 5) is 0. The standard InChI is InChI=1S/C11H11N3O2/c12-11-14-13-10(16-11)8-3-4-9-7(6-8)2-1-5-15-9/h3-4,6H,1-2,5H2,(H2,12,14). The highest BCUT2D eigenvalue weighted by Crippen LogP contribution is 2.29. The second kappa shape index (κ2) is 3.52. The van der Waals surface area contributed by atoms with Gasteiger partial charge in [0, 0.05) is 5.56 Å². The zero-order valence-corrected chi connectivity index (χ0v) is 8.64. The number of anilines is 1. The molecule has 0 unspecified atom stereocenters. The number of rotatable bonds is 1. The monoisotopic (exact) mass is 217 g/mol. The van der Waals surface area contributed by atoms with Crippen molar-refractivity contribution in [3.63, 3.8) is 0 Å². The van der Waals surface area contributed by atoms with E-state index < -0.39 is 0 Å². The van der Waals surface area contributed by atoms with Crippen molar-refractivity contribution in [3.05, 3.63) is 23.8 Å². The summed E-state index contributed by atoms with van der Waals surface area (Å²) < 4.78 is 10.7. The summed E-state index contributed by atoms with van der Waals surface area (Å²) in [5.41, 5.74) is 7.45. The number of nitrogens with two attached hydrogens (primary N) is 1. The second-order valence-electron chi connectivity index (χ2n) is 3.72. The molecule has 0 saturated carbocycles. The molecule has 0 saturated heterocycles. The van der Waals surface area contributed by atoms with Crippen LogP contribution in [-0.2, 0) is 6.42 Å². The van der Waals surface area contributed by atoms with Gasteiger partial charge in [0.2, 0.25) is 5.89 Å². The molecule has 0 amide bonds. The van der Waals surface area contributed by atoms with Gasteiger partial charge in [-0.25, -0.2) is 0 Å². The maximum absolute atomic E-state index is 5.53. The molecular weight excluding hydrogens is 206 g/mol. The Bertz CT molecular complexity index is 522. The summed E-state index contributed by atoms with van der Waals surface area (Å²) >= 11 is 0. The zero-order valence-electron chi connectivity index (χ0n) is 8.64. The fourth-order valence-electron chi connectivity index (χ4n) is 1.84. The number of ether oxygens (including phenoxy) is 1. The first-order valence-electron chi connectivity index (χ1n) is 5.18. The summed E-state index contributed by atoms with van der Waals surface area (Å²) in [6, 6.07) is 5.94. The van der Waals surface area contributed by atoms with Crippen molar-refractivity contribution in [1.82, 2.24) is 10.2 Å². The number of hydrogen-bond acceptors (Lipinski definition) is 5. The van der Waals surface area contributed by atoms with E-state index in [0.29, 0.717) is 5.89 Å². The first-order chi connectivity index (χ1) is 7.83. The van der Waals surface area contributed by atoms with Gasteiger partial charge in [-0.05, 0) is 36.6 Å². The van der Waals surface area contributed by atoms with E-state index in [2.05, 4.69) is 10.2 Å². The number of benzene rings is 1. The zero-order chi connectivity index (χ0) is 11.0. The van der Waals surface area contributed by atoms with Gasteiger partial charge in [-0.2, -0.15) is 0 Å². The lowest BCUT2D eigenvalue weighted by Crippen LogP contribution is -2.08. The van der Waals surface area contributed by atoms with Crippen molar-refractivity contribution in [2.45, 2.75) is 12.8 Å². The first-order valence-corrected chi connectivity index (χ1v) is 5.18. The number of aryl methyl sites for hydroxylation is 1. The van der Waals surface area contributed by atoms with E-state index in [-0.39, 0.29) is 6.01 Å². The normalized spacial score (nSPS) is 14.2. The quantitative estimate of drug-likeness (QED) is 0.786. The molecular formula is C11H11N3O2. The second-order valence-corrected chi connectivity index (χ2v) is 3.72. The van der Waals surface area contributed by atoms with Gasteiger partial charge in [0.1, 0.15) is 5.75 Å². The van der Waals surface area contributed by atoms with Gasteiger partial charge in [0.05, 0.1) is 6.61 Å². The number of aromatic nitrogens is 2. The van der Waals surface area contributed by atoms with Crippen LogP contribution in [0.3, 0.4) is 0 Å². The highest BCUT2D eigenvalue weighted by atomic mass is 16.5. The fraction of sp³-hybridized carbons (Fsp3) is 0.273. The molecule has 1 aliphatic rings. The average Bonchev–Trinajstić information content (AvgIpc) is 2.75. The molecule has 3 rings (SSSR count).